The molecule has 1 saturated heterocycles. The molecule has 3 nitrogen and oxygen atoms in total. The number of nitrogens with zero attached hydrogens (tertiary/aromatic N) is 1. The van der Waals surface area contributed by atoms with E-state index in [0.717, 1.165) is 37.5 Å². The smallest absolute Gasteiger partial charge is 0.221 e. The van der Waals surface area contributed by atoms with Gasteiger partial charge < -0.3 is 5.73 Å². The number of hydrogen-bond acceptors (Lipinski definition) is 2. The van der Waals surface area contributed by atoms with E-state index in [4.69, 9.17) is 17.3 Å². The highest BCUT2D eigenvalue weighted by Gasteiger charge is 2.23. The molecule has 1 heterocycles. The van der Waals surface area contributed by atoms with Crippen molar-refractivity contribution in [3.05, 3.63) is 34.9 Å². The summed E-state index contributed by atoms with van der Waals surface area (Å²) >= 11 is 5.95. The molecule has 0 saturated carbocycles. The molecule has 1 aliphatic heterocycles. The minimum absolute atomic E-state index is 0.00272. The van der Waals surface area contributed by atoms with Gasteiger partial charge in [0.15, 0.2) is 0 Å². The van der Waals surface area contributed by atoms with E-state index in [2.05, 4.69) is 11.0 Å². The van der Waals surface area contributed by atoms with E-state index in [9.17, 15) is 4.79 Å². The number of likely N-dealkylation sites (tertiary alicyclic amines) is 1. The highest BCUT2D eigenvalue weighted by Crippen LogP contribution is 2.19. The molecule has 92 valence electrons. The Morgan fingerprint density at radius 2 is 2.35 bits per heavy atom. The second kappa shape index (κ2) is 5.52. The van der Waals surface area contributed by atoms with Crippen LogP contribution in [-0.2, 0) is 11.3 Å². The van der Waals surface area contributed by atoms with Gasteiger partial charge in [-0.2, -0.15) is 0 Å². The molecule has 1 atom stereocenters. The van der Waals surface area contributed by atoms with E-state index in [-0.39, 0.29) is 11.8 Å². The maximum atomic E-state index is 11.2. The summed E-state index contributed by atoms with van der Waals surface area (Å²) in [5, 5.41) is 0.756. The molecule has 1 aromatic carbocycles. The van der Waals surface area contributed by atoms with Gasteiger partial charge in [0.2, 0.25) is 5.91 Å². The lowest BCUT2D eigenvalue weighted by Crippen LogP contribution is -2.40. The highest BCUT2D eigenvalue weighted by molar-refractivity contribution is 6.30. The van der Waals surface area contributed by atoms with Gasteiger partial charge in [-0.3, -0.25) is 9.69 Å². The molecule has 1 unspecified atom stereocenters. The first-order valence-corrected chi connectivity index (χ1v) is 6.29. The minimum atomic E-state index is -0.180. The molecule has 4 heteroatoms. The van der Waals surface area contributed by atoms with Crippen molar-refractivity contribution in [3.8, 4) is 0 Å². The Bertz CT molecular complexity index is 408. The highest BCUT2D eigenvalue weighted by atomic mass is 35.5. The summed E-state index contributed by atoms with van der Waals surface area (Å²) in [4.78, 5) is 13.4. The third-order valence-corrected chi connectivity index (χ3v) is 3.44. The van der Waals surface area contributed by atoms with Crippen LogP contribution in [-0.4, -0.2) is 23.9 Å². The number of amides is 1. The number of hydrogen-bond donors (Lipinski definition) is 1. The van der Waals surface area contributed by atoms with Crippen LogP contribution in [0.25, 0.3) is 0 Å². The van der Waals surface area contributed by atoms with E-state index in [1.807, 2.05) is 18.2 Å². The fraction of sp³-hybridized carbons (Fsp3) is 0.462. The van der Waals surface area contributed by atoms with Crippen LogP contribution in [0.3, 0.4) is 0 Å². The van der Waals surface area contributed by atoms with Crippen molar-refractivity contribution >= 4 is 17.5 Å². The molecule has 0 aromatic heterocycles. The normalized spacial score (nSPS) is 21.4. The van der Waals surface area contributed by atoms with E-state index in [1.54, 1.807) is 0 Å². The molecule has 0 radical (unpaired) electrons. The van der Waals surface area contributed by atoms with Crippen molar-refractivity contribution in [2.45, 2.75) is 19.4 Å². The fourth-order valence-electron chi connectivity index (χ4n) is 2.32. The molecule has 1 fully saturated rings. The molecule has 17 heavy (non-hydrogen) atoms. The molecule has 0 aliphatic carbocycles. The number of rotatable bonds is 3. The topological polar surface area (TPSA) is 46.3 Å². The van der Waals surface area contributed by atoms with Crippen molar-refractivity contribution in [1.29, 1.82) is 0 Å². The number of nitrogens with two attached hydrogens (primary N) is 1. The van der Waals surface area contributed by atoms with Gasteiger partial charge in [0.1, 0.15) is 0 Å². The van der Waals surface area contributed by atoms with Gasteiger partial charge >= 0.3 is 0 Å². The predicted molar refractivity (Wildman–Crippen MR) is 68.6 cm³/mol. The standard InChI is InChI=1S/C13H17ClN2O/c14-12-5-1-3-10(7-12)8-16-6-2-4-11(9-16)13(15)17/h1,3,5,7,11H,2,4,6,8-9H2,(H2,15,17). The van der Waals surface area contributed by atoms with Gasteiger partial charge in [-0.25, -0.2) is 0 Å². The van der Waals surface area contributed by atoms with Gasteiger partial charge in [-0.05, 0) is 37.1 Å². The first-order valence-electron chi connectivity index (χ1n) is 5.91. The molecule has 2 N–H and O–H groups in total. The van der Waals surface area contributed by atoms with Crippen molar-refractivity contribution < 1.29 is 4.79 Å². The van der Waals surface area contributed by atoms with Crippen LogP contribution in [0.5, 0.6) is 0 Å². The first kappa shape index (κ1) is 12.4. The number of piperidine rings is 1. The summed E-state index contributed by atoms with van der Waals surface area (Å²) in [5.74, 6) is -0.177. The Hall–Kier alpha value is -1.06. The predicted octanol–water partition coefficient (Wildman–Crippen LogP) is 2.04. The molecule has 1 aliphatic rings. The summed E-state index contributed by atoms with van der Waals surface area (Å²) in [7, 11) is 0. The summed E-state index contributed by atoms with van der Waals surface area (Å²) in [6.07, 6.45) is 1.95. The lowest BCUT2D eigenvalue weighted by molar-refractivity contribution is -0.123. The van der Waals surface area contributed by atoms with Crippen molar-refractivity contribution in [2.24, 2.45) is 11.7 Å². The molecule has 1 aromatic rings. The maximum absolute atomic E-state index is 11.2. The lowest BCUT2D eigenvalue weighted by Gasteiger charge is -2.31. The van der Waals surface area contributed by atoms with E-state index in [0.29, 0.717) is 0 Å². The number of carbonyl (C=O) groups excluding carboxylic acids is 1. The zero-order valence-corrected chi connectivity index (χ0v) is 10.5. The summed E-state index contributed by atoms with van der Waals surface area (Å²) in [6, 6.07) is 7.84. The van der Waals surface area contributed by atoms with Crippen LogP contribution in [0.4, 0.5) is 0 Å². The second-order valence-electron chi connectivity index (χ2n) is 4.61. The zero-order valence-electron chi connectivity index (χ0n) is 9.73. The molecule has 2 rings (SSSR count). The van der Waals surface area contributed by atoms with Gasteiger partial charge in [-0.15, -0.1) is 0 Å². The first-order chi connectivity index (χ1) is 8.15. The number of primary amides is 1. The summed E-state index contributed by atoms with van der Waals surface area (Å²) in [6.45, 7) is 2.63. The van der Waals surface area contributed by atoms with Crippen LogP contribution in [0.2, 0.25) is 5.02 Å². The zero-order chi connectivity index (χ0) is 12.3. The third kappa shape index (κ3) is 3.45. The molecule has 0 bridgehead atoms. The molecular weight excluding hydrogens is 236 g/mol. The summed E-state index contributed by atoms with van der Waals surface area (Å²) in [5.41, 5.74) is 6.54. The second-order valence-corrected chi connectivity index (χ2v) is 5.04. The van der Waals surface area contributed by atoms with E-state index in [1.165, 1.54) is 5.56 Å². The van der Waals surface area contributed by atoms with Gasteiger partial charge in [-0.1, -0.05) is 23.7 Å². The molecular formula is C13H17ClN2O. The van der Waals surface area contributed by atoms with Crippen LogP contribution in [0.1, 0.15) is 18.4 Å². The Labute approximate surface area is 107 Å². The van der Waals surface area contributed by atoms with E-state index < -0.39 is 0 Å². The van der Waals surface area contributed by atoms with Crippen LogP contribution < -0.4 is 5.73 Å². The summed E-state index contributed by atoms with van der Waals surface area (Å²) < 4.78 is 0. The van der Waals surface area contributed by atoms with Crippen molar-refractivity contribution in [2.75, 3.05) is 13.1 Å². The van der Waals surface area contributed by atoms with E-state index >= 15 is 0 Å². The number of benzene rings is 1. The Balaban J connectivity index is 1.97. The van der Waals surface area contributed by atoms with Crippen LogP contribution in [0, 0.1) is 5.92 Å². The van der Waals surface area contributed by atoms with Crippen LogP contribution in [0.15, 0.2) is 24.3 Å². The average Bonchev–Trinajstić information content (AvgIpc) is 2.29. The largest absolute Gasteiger partial charge is 0.369 e. The number of halogens is 1. The van der Waals surface area contributed by atoms with Gasteiger partial charge in [0, 0.05) is 18.1 Å². The quantitative estimate of drug-likeness (QED) is 0.895. The Kier molecular flexibility index (Phi) is 4.02. The van der Waals surface area contributed by atoms with Crippen molar-refractivity contribution in [1.82, 2.24) is 4.90 Å². The maximum Gasteiger partial charge on any atom is 0.221 e. The molecule has 0 spiro atoms. The lowest BCUT2D eigenvalue weighted by atomic mass is 9.97. The van der Waals surface area contributed by atoms with Gasteiger partial charge in [0.25, 0.3) is 0 Å². The minimum Gasteiger partial charge on any atom is -0.369 e. The monoisotopic (exact) mass is 252 g/mol. The SMILES string of the molecule is NC(=O)C1CCCN(Cc2cccc(Cl)c2)C1. The fourth-order valence-corrected chi connectivity index (χ4v) is 2.54. The van der Waals surface area contributed by atoms with Crippen molar-refractivity contribution in [3.63, 3.8) is 0 Å². The Morgan fingerprint density at radius 1 is 1.53 bits per heavy atom. The van der Waals surface area contributed by atoms with Gasteiger partial charge in [0.05, 0.1) is 5.92 Å². The molecule has 1 amide bonds. The third-order valence-electron chi connectivity index (χ3n) is 3.20. The van der Waals surface area contributed by atoms with Crippen LogP contribution >= 0.6 is 11.6 Å². The number of carbonyl (C=O) groups is 1. The average molecular weight is 253 g/mol. The Morgan fingerprint density at radius 3 is 3.06 bits per heavy atom.